The maximum absolute atomic E-state index is 11.6. The van der Waals surface area contributed by atoms with Gasteiger partial charge in [0.15, 0.2) is 5.43 Å². The van der Waals surface area contributed by atoms with E-state index in [1.54, 1.807) is 18.2 Å². The van der Waals surface area contributed by atoms with Crippen LogP contribution in [0.5, 0.6) is 5.88 Å². The molecule has 3 heteroatoms. The van der Waals surface area contributed by atoms with E-state index in [4.69, 9.17) is 4.74 Å². The molecule has 1 aromatic heterocycles. The van der Waals surface area contributed by atoms with E-state index in [9.17, 15) is 4.79 Å². The van der Waals surface area contributed by atoms with Crippen molar-refractivity contribution in [2.45, 2.75) is 6.92 Å². The molecule has 0 radical (unpaired) electrons. The highest BCUT2D eigenvalue weighted by Gasteiger charge is 1.98. The van der Waals surface area contributed by atoms with E-state index in [0.29, 0.717) is 23.4 Å². The number of ether oxygens (including phenoxy) is 1. The lowest BCUT2D eigenvalue weighted by Gasteiger charge is -1.97. The summed E-state index contributed by atoms with van der Waals surface area (Å²) in [5.74, 6) is 0.482. The van der Waals surface area contributed by atoms with Crippen molar-refractivity contribution >= 4 is 10.9 Å². The van der Waals surface area contributed by atoms with Gasteiger partial charge >= 0.3 is 0 Å². The molecule has 76 valence electrons. The largest absolute Gasteiger partial charge is 0.478 e. The van der Waals surface area contributed by atoms with Crippen LogP contribution in [0.1, 0.15) is 6.92 Å². The van der Waals surface area contributed by atoms with Crippen LogP contribution in [0.3, 0.4) is 0 Å². The minimum atomic E-state index is -0.0379. The Bertz CT molecular complexity index is 537. The van der Waals surface area contributed by atoms with Gasteiger partial charge in [0.1, 0.15) is 0 Å². The lowest BCUT2D eigenvalue weighted by Crippen LogP contribution is -1.93. The summed E-state index contributed by atoms with van der Waals surface area (Å²) >= 11 is 0. The summed E-state index contributed by atoms with van der Waals surface area (Å²) in [6, 6.07) is 10.3. The summed E-state index contributed by atoms with van der Waals surface area (Å²) < 4.78 is 5.28. The van der Waals surface area contributed by atoms with Crippen molar-refractivity contribution in [1.82, 2.24) is 4.98 Å². The maximum Gasteiger partial charge on any atom is 0.213 e. The molecule has 1 heterocycles. The molecule has 0 spiro atoms. The Morgan fingerprint density at radius 3 is 2.80 bits per heavy atom. The fraction of sp³-hybridized carbons (Fsp3) is 0.167. The van der Waals surface area contributed by atoms with E-state index in [1.807, 2.05) is 19.1 Å². The molecule has 0 saturated carbocycles. The highest BCUT2D eigenvalue weighted by atomic mass is 16.5. The zero-order valence-electron chi connectivity index (χ0n) is 8.43. The van der Waals surface area contributed by atoms with E-state index in [-0.39, 0.29) is 5.43 Å². The number of nitrogens with zero attached hydrogens (tertiary/aromatic N) is 1. The van der Waals surface area contributed by atoms with Crippen molar-refractivity contribution in [3.8, 4) is 5.88 Å². The summed E-state index contributed by atoms with van der Waals surface area (Å²) in [7, 11) is 0. The quantitative estimate of drug-likeness (QED) is 0.745. The molecular weight excluding hydrogens is 190 g/mol. The Morgan fingerprint density at radius 2 is 2.00 bits per heavy atom. The van der Waals surface area contributed by atoms with Crippen LogP contribution < -0.4 is 10.2 Å². The zero-order chi connectivity index (χ0) is 10.7. The Morgan fingerprint density at radius 1 is 1.20 bits per heavy atom. The number of aromatic nitrogens is 1. The first-order chi connectivity index (χ1) is 7.31. The predicted molar refractivity (Wildman–Crippen MR) is 59.2 cm³/mol. The molecule has 0 amide bonds. The van der Waals surface area contributed by atoms with Gasteiger partial charge < -0.3 is 4.74 Å². The fourth-order valence-corrected chi connectivity index (χ4v) is 1.40. The standard InChI is InChI=1S/C12H11NO2/c1-2-15-12-8-7-11(14)9-5-3-4-6-10(9)13-12/h3-8H,2H2,1H3. The second-order valence-corrected chi connectivity index (χ2v) is 3.10. The summed E-state index contributed by atoms with van der Waals surface area (Å²) in [4.78, 5) is 15.9. The van der Waals surface area contributed by atoms with E-state index in [2.05, 4.69) is 4.98 Å². The van der Waals surface area contributed by atoms with Crippen molar-refractivity contribution < 1.29 is 4.74 Å². The predicted octanol–water partition coefficient (Wildman–Crippen LogP) is 1.99. The van der Waals surface area contributed by atoms with Crippen LogP contribution in [0, 0.1) is 0 Å². The lowest BCUT2D eigenvalue weighted by molar-refractivity contribution is 0.328. The Balaban J connectivity index is 2.74. The van der Waals surface area contributed by atoms with Crippen LogP contribution >= 0.6 is 0 Å². The minimum Gasteiger partial charge on any atom is -0.478 e. The number of rotatable bonds is 2. The molecule has 0 unspecified atom stereocenters. The second kappa shape index (κ2) is 4.09. The van der Waals surface area contributed by atoms with Crippen molar-refractivity contribution in [2.75, 3.05) is 6.61 Å². The van der Waals surface area contributed by atoms with Crippen molar-refractivity contribution in [2.24, 2.45) is 0 Å². The van der Waals surface area contributed by atoms with Crippen LogP contribution in [-0.4, -0.2) is 11.6 Å². The zero-order valence-corrected chi connectivity index (χ0v) is 8.43. The molecule has 0 saturated heterocycles. The van der Waals surface area contributed by atoms with Crippen LogP contribution in [0.25, 0.3) is 10.9 Å². The normalized spacial score (nSPS) is 10.2. The average Bonchev–Trinajstić information content (AvgIpc) is 2.40. The van der Waals surface area contributed by atoms with Crippen LogP contribution in [0.4, 0.5) is 0 Å². The fourth-order valence-electron chi connectivity index (χ4n) is 1.40. The van der Waals surface area contributed by atoms with Gasteiger partial charge in [0.25, 0.3) is 0 Å². The molecule has 0 aliphatic rings. The van der Waals surface area contributed by atoms with Crippen molar-refractivity contribution in [3.05, 3.63) is 46.6 Å². The molecule has 0 fully saturated rings. The van der Waals surface area contributed by atoms with Gasteiger partial charge in [-0.25, -0.2) is 4.98 Å². The van der Waals surface area contributed by atoms with Gasteiger partial charge in [0.05, 0.1) is 12.1 Å². The molecule has 3 nitrogen and oxygen atoms in total. The van der Waals surface area contributed by atoms with Crippen molar-refractivity contribution in [3.63, 3.8) is 0 Å². The van der Waals surface area contributed by atoms with Gasteiger partial charge in [0, 0.05) is 11.5 Å². The van der Waals surface area contributed by atoms with Gasteiger partial charge in [0.2, 0.25) is 5.88 Å². The minimum absolute atomic E-state index is 0.0379. The van der Waals surface area contributed by atoms with E-state index in [0.717, 1.165) is 0 Å². The SMILES string of the molecule is CCOc1ccc(=O)c2ccccc2n1. The first kappa shape index (κ1) is 9.65. The third kappa shape index (κ3) is 1.96. The van der Waals surface area contributed by atoms with Crippen molar-refractivity contribution in [1.29, 1.82) is 0 Å². The molecule has 0 bridgehead atoms. The van der Waals surface area contributed by atoms with Gasteiger partial charge in [-0.2, -0.15) is 0 Å². The van der Waals surface area contributed by atoms with Crippen LogP contribution in [-0.2, 0) is 0 Å². The molecule has 2 rings (SSSR count). The molecule has 0 N–H and O–H groups in total. The number of benzene rings is 1. The molecule has 2 aromatic rings. The molecule has 15 heavy (non-hydrogen) atoms. The Kier molecular flexibility index (Phi) is 2.63. The second-order valence-electron chi connectivity index (χ2n) is 3.10. The highest BCUT2D eigenvalue weighted by molar-refractivity contribution is 5.77. The lowest BCUT2D eigenvalue weighted by atomic mass is 10.2. The first-order valence-corrected chi connectivity index (χ1v) is 4.84. The van der Waals surface area contributed by atoms with E-state index >= 15 is 0 Å². The number of para-hydroxylation sites is 1. The Hall–Kier alpha value is -1.90. The third-order valence-corrected chi connectivity index (χ3v) is 2.07. The molecule has 0 aliphatic carbocycles. The van der Waals surface area contributed by atoms with Crippen LogP contribution in [0.15, 0.2) is 41.2 Å². The van der Waals surface area contributed by atoms with Gasteiger partial charge in [-0.15, -0.1) is 0 Å². The summed E-state index contributed by atoms with van der Waals surface area (Å²) in [5, 5.41) is 0.614. The number of hydrogen-bond donors (Lipinski definition) is 0. The smallest absolute Gasteiger partial charge is 0.213 e. The first-order valence-electron chi connectivity index (χ1n) is 4.84. The molecule has 0 atom stereocenters. The van der Waals surface area contributed by atoms with Gasteiger partial charge in [-0.3, -0.25) is 4.79 Å². The molecular formula is C12H11NO2. The Labute approximate surface area is 87.3 Å². The average molecular weight is 201 g/mol. The summed E-state index contributed by atoms with van der Waals surface area (Å²) in [6.07, 6.45) is 0. The summed E-state index contributed by atoms with van der Waals surface area (Å²) in [6.45, 7) is 2.43. The van der Waals surface area contributed by atoms with E-state index < -0.39 is 0 Å². The monoisotopic (exact) mass is 201 g/mol. The van der Waals surface area contributed by atoms with Crippen LogP contribution in [0.2, 0.25) is 0 Å². The third-order valence-electron chi connectivity index (χ3n) is 2.07. The molecule has 0 aliphatic heterocycles. The number of fused-ring (bicyclic) bond motifs is 1. The topological polar surface area (TPSA) is 39.2 Å². The highest BCUT2D eigenvalue weighted by Crippen LogP contribution is 2.10. The van der Waals surface area contributed by atoms with Gasteiger partial charge in [-0.05, 0) is 25.1 Å². The maximum atomic E-state index is 11.6. The van der Waals surface area contributed by atoms with Gasteiger partial charge in [-0.1, -0.05) is 12.1 Å². The van der Waals surface area contributed by atoms with E-state index in [1.165, 1.54) is 6.07 Å². The summed E-state index contributed by atoms with van der Waals surface area (Å²) in [5.41, 5.74) is 0.625. The number of hydrogen-bond acceptors (Lipinski definition) is 3. The molecule has 1 aromatic carbocycles.